The molecule has 0 bridgehead atoms. The molecule has 0 fully saturated rings. The summed E-state index contributed by atoms with van der Waals surface area (Å²) in [6.07, 6.45) is 0. The number of aryl methyl sites for hydroxylation is 1. The molecule has 0 aliphatic carbocycles. The summed E-state index contributed by atoms with van der Waals surface area (Å²) in [6, 6.07) is 11.0. The minimum Gasteiger partial charge on any atom is -0.495 e. The van der Waals surface area contributed by atoms with E-state index in [1.54, 1.807) is 24.3 Å². The van der Waals surface area contributed by atoms with Crippen LogP contribution in [0.15, 0.2) is 47.4 Å². The van der Waals surface area contributed by atoms with Crippen molar-refractivity contribution in [1.29, 1.82) is 0 Å². The number of nitrogens with zero attached hydrogens (tertiary/aromatic N) is 1. The highest BCUT2D eigenvalue weighted by Crippen LogP contribution is 2.28. The minimum atomic E-state index is -3.77. The maximum absolute atomic E-state index is 12.4. The van der Waals surface area contributed by atoms with E-state index < -0.39 is 28.5 Å². The molecule has 0 aromatic heterocycles. The van der Waals surface area contributed by atoms with E-state index in [9.17, 15) is 18.0 Å². The molecule has 0 saturated heterocycles. The van der Waals surface area contributed by atoms with Crippen LogP contribution in [-0.4, -0.2) is 52.4 Å². The molecule has 0 atom stereocenters. The lowest BCUT2D eigenvalue weighted by Gasteiger charge is -2.16. The van der Waals surface area contributed by atoms with Gasteiger partial charge in [-0.3, -0.25) is 4.79 Å². The maximum Gasteiger partial charge on any atom is 0.338 e. The van der Waals surface area contributed by atoms with Crippen molar-refractivity contribution >= 4 is 27.6 Å². The number of esters is 1. The van der Waals surface area contributed by atoms with Gasteiger partial charge in [-0.1, -0.05) is 17.7 Å². The summed E-state index contributed by atoms with van der Waals surface area (Å²) in [5.41, 5.74) is 1.57. The van der Waals surface area contributed by atoms with Gasteiger partial charge in [-0.2, -0.15) is 0 Å². The number of hydrogen-bond acceptors (Lipinski definition) is 6. The molecule has 2 aromatic rings. The van der Waals surface area contributed by atoms with Crippen molar-refractivity contribution in [2.45, 2.75) is 11.8 Å². The Hall–Kier alpha value is -2.91. The Morgan fingerprint density at radius 1 is 1.07 bits per heavy atom. The third kappa shape index (κ3) is 5.08. The molecule has 0 saturated carbocycles. The number of carbonyl (C=O) groups is 2. The molecule has 28 heavy (non-hydrogen) atoms. The summed E-state index contributed by atoms with van der Waals surface area (Å²) >= 11 is 0. The zero-order chi connectivity index (χ0) is 20.9. The van der Waals surface area contributed by atoms with E-state index in [0.717, 1.165) is 9.87 Å². The number of amides is 1. The van der Waals surface area contributed by atoms with Crippen molar-refractivity contribution in [2.24, 2.45) is 0 Å². The third-order valence-corrected chi connectivity index (χ3v) is 5.66. The first kappa shape index (κ1) is 21.4. The van der Waals surface area contributed by atoms with Crippen LogP contribution in [0.3, 0.4) is 0 Å². The average molecular weight is 406 g/mol. The van der Waals surface area contributed by atoms with Crippen LogP contribution in [-0.2, 0) is 19.6 Å². The number of benzene rings is 2. The molecule has 150 valence electrons. The quantitative estimate of drug-likeness (QED) is 0.706. The van der Waals surface area contributed by atoms with E-state index in [1.807, 2.05) is 6.92 Å². The largest absolute Gasteiger partial charge is 0.495 e. The van der Waals surface area contributed by atoms with Crippen molar-refractivity contribution in [1.82, 2.24) is 4.31 Å². The van der Waals surface area contributed by atoms with Crippen molar-refractivity contribution in [3.05, 3.63) is 53.6 Å². The van der Waals surface area contributed by atoms with Gasteiger partial charge in [0.2, 0.25) is 10.0 Å². The normalized spacial score (nSPS) is 11.2. The molecule has 0 spiro atoms. The van der Waals surface area contributed by atoms with Crippen LogP contribution in [0.2, 0.25) is 0 Å². The number of rotatable bonds is 7. The zero-order valence-electron chi connectivity index (χ0n) is 16.1. The fourth-order valence-corrected chi connectivity index (χ4v) is 3.33. The van der Waals surface area contributed by atoms with Crippen LogP contribution in [0.25, 0.3) is 0 Å². The molecule has 9 heteroatoms. The van der Waals surface area contributed by atoms with Crippen molar-refractivity contribution < 1.29 is 27.5 Å². The van der Waals surface area contributed by atoms with E-state index in [4.69, 9.17) is 9.47 Å². The first-order valence-corrected chi connectivity index (χ1v) is 9.73. The van der Waals surface area contributed by atoms with Crippen molar-refractivity contribution in [3.63, 3.8) is 0 Å². The third-order valence-electron chi connectivity index (χ3n) is 3.83. The van der Waals surface area contributed by atoms with E-state index in [2.05, 4.69) is 5.32 Å². The molecule has 1 amide bonds. The van der Waals surface area contributed by atoms with Crippen LogP contribution in [0.5, 0.6) is 5.75 Å². The van der Waals surface area contributed by atoms with Gasteiger partial charge in [0.05, 0.1) is 12.7 Å². The molecule has 0 aliphatic rings. The summed E-state index contributed by atoms with van der Waals surface area (Å²) in [4.78, 5) is 23.9. The van der Waals surface area contributed by atoms with E-state index in [1.165, 1.54) is 39.4 Å². The Kier molecular flexibility index (Phi) is 6.76. The van der Waals surface area contributed by atoms with Crippen molar-refractivity contribution in [3.8, 4) is 5.75 Å². The van der Waals surface area contributed by atoms with Crippen LogP contribution in [0.1, 0.15) is 15.9 Å². The fourth-order valence-electron chi connectivity index (χ4n) is 2.25. The summed E-state index contributed by atoms with van der Waals surface area (Å²) in [5.74, 6) is -1.07. The molecular formula is C19H22N2O6S. The standard InChI is InChI=1S/C19H22N2O6S/c1-13-5-7-14(8-6-13)19(23)27-12-18(22)20-15-9-10-16(26-4)17(11-15)28(24,25)21(2)3/h5-11H,12H2,1-4H3,(H,20,22). The van der Waals surface area contributed by atoms with Crippen LogP contribution < -0.4 is 10.1 Å². The average Bonchev–Trinajstić information content (AvgIpc) is 2.66. The highest BCUT2D eigenvalue weighted by molar-refractivity contribution is 7.89. The molecule has 0 aliphatic heterocycles. The number of ether oxygens (including phenoxy) is 2. The van der Waals surface area contributed by atoms with Gasteiger partial charge < -0.3 is 14.8 Å². The molecule has 0 unspecified atom stereocenters. The second-order valence-corrected chi connectivity index (χ2v) is 8.26. The van der Waals surface area contributed by atoms with Crippen LogP contribution in [0.4, 0.5) is 5.69 Å². The van der Waals surface area contributed by atoms with Gasteiger partial charge in [-0.25, -0.2) is 17.5 Å². The summed E-state index contributed by atoms with van der Waals surface area (Å²) in [5, 5.41) is 2.51. The molecule has 2 aromatic carbocycles. The zero-order valence-corrected chi connectivity index (χ0v) is 16.9. The Labute approximate surface area is 164 Å². The smallest absolute Gasteiger partial charge is 0.338 e. The summed E-state index contributed by atoms with van der Waals surface area (Å²) in [7, 11) is 0.369. The van der Waals surface area contributed by atoms with Gasteiger partial charge in [0, 0.05) is 19.8 Å². The lowest BCUT2D eigenvalue weighted by Crippen LogP contribution is -2.24. The summed E-state index contributed by atoms with van der Waals surface area (Å²) < 4.78 is 35.9. The van der Waals surface area contributed by atoms with Gasteiger partial charge in [0.1, 0.15) is 10.6 Å². The minimum absolute atomic E-state index is 0.0885. The number of carbonyl (C=O) groups excluding carboxylic acids is 2. The van der Waals surface area contributed by atoms with Crippen LogP contribution >= 0.6 is 0 Å². The molecule has 2 rings (SSSR count). The fraction of sp³-hybridized carbons (Fsp3) is 0.263. The van der Waals surface area contributed by atoms with Gasteiger partial charge >= 0.3 is 5.97 Å². The van der Waals surface area contributed by atoms with Gasteiger partial charge in [-0.15, -0.1) is 0 Å². The van der Waals surface area contributed by atoms with E-state index >= 15 is 0 Å². The number of hydrogen-bond donors (Lipinski definition) is 1. The highest BCUT2D eigenvalue weighted by atomic mass is 32.2. The van der Waals surface area contributed by atoms with E-state index in [0.29, 0.717) is 5.56 Å². The van der Waals surface area contributed by atoms with Crippen LogP contribution in [0, 0.1) is 6.92 Å². The summed E-state index contributed by atoms with van der Waals surface area (Å²) in [6.45, 7) is 1.39. The first-order valence-electron chi connectivity index (χ1n) is 8.29. The van der Waals surface area contributed by atoms with Gasteiger partial charge in [0.25, 0.3) is 5.91 Å². The molecular weight excluding hydrogens is 384 g/mol. The first-order chi connectivity index (χ1) is 13.1. The predicted octanol–water partition coefficient (Wildman–Crippen LogP) is 2.05. The predicted molar refractivity (Wildman–Crippen MR) is 104 cm³/mol. The Bertz CT molecular complexity index is 968. The highest BCUT2D eigenvalue weighted by Gasteiger charge is 2.23. The SMILES string of the molecule is COc1ccc(NC(=O)COC(=O)c2ccc(C)cc2)cc1S(=O)(=O)N(C)C. The number of anilines is 1. The molecule has 8 nitrogen and oxygen atoms in total. The monoisotopic (exact) mass is 406 g/mol. The topological polar surface area (TPSA) is 102 Å². The number of nitrogens with one attached hydrogen (secondary N) is 1. The second kappa shape index (κ2) is 8.85. The van der Waals surface area contributed by atoms with Gasteiger partial charge in [-0.05, 0) is 37.3 Å². The number of sulfonamides is 1. The molecule has 0 heterocycles. The number of methoxy groups -OCH3 is 1. The van der Waals surface area contributed by atoms with E-state index in [-0.39, 0.29) is 16.3 Å². The Morgan fingerprint density at radius 2 is 1.71 bits per heavy atom. The lowest BCUT2D eigenvalue weighted by atomic mass is 10.1. The van der Waals surface area contributed by atoms with Crippen molar-refractivity contribution in [2.75, 3.05) is 33.1 Å². The Morgan fingerprint density at radius 3 is 2.29 bits per heavy atom. The lowest BCUT2D eigenvalue weighted by molar-refractivity contribution is -0.119. The molecule has 0 radical (unpaired) electrons. The van der Waals surface area contributed by atoms with Gasteiger partial charge in [0.15, 0.2) is 6.61 Å². The maximum atomic E-state index is 12.4. The second-order valence-electron chi connectivity index (χ2n) is 6.14. The molecule has 1 N–H and O–H groups in total. The Balaban J connectivity index is 2.07.